The summed E-state index contributed by atoms with van der Waals surface area (Å²) in [6.07, 6.45) is 5.18. The van der Waals surface area contributed by atoms with Crippen molar-refractivity contribution in [2.45, 2.75) is 32.7 Å². The number of amides is 1. The van der Waals surface area contributed by atoms with E-state index in [1.54, 1.807) is 17.1 Å². The van der Waals surface area contributed by atoms with Crippen molar-refractivity contribution in [3.8, 4) is 11.3 Å². The first-order valence-corrected chi connectivity index (χ1v) is 12.1. The normalized spacial score (nSPS) is 13.9. The monoisotopic (exact) mass is 542 g/mol. The molecule has 4 heterocycles. The summed E-state index contributed by atoms with van der Waals surface area (Å²) in [7, 11) is 0. The summed E-state index contributed by atoms with van der Waals surface area (Å²) in [5, 5.41) is 6.60. The fourth-order valence-corrected chi connectivity index (χ4v) is 4.24. The number of carbonyl (C=O) groups excluding carboxylic acids is 1. The molecule has 1 fully saturated rings. The Morgan fingerprint density at radius 1 is 1.13 bits per heavy atom. The van der Waals surface area contributed by atoms with E-state index in [1.165, 1.54) is 6.20 Å². The number of nitrogens with one attached hydrogen (secondary N) is 1. The van der Waals surface area contributed by atoms with Crippen molar-refractivity contribution in [1.82, 2.24) is 29.7 Å². The number of anilines is 2. The molecule has 1 aliphatic rings. The Kier molecular flexibility index (Phi) is 6.98. The fraction of sp³-hybridized carbons (Fsp3) is 0.280. The lowest BCUT2D eigenvalue weighted by molar-refractivity contribution is 0.102. The van der Waals surface area contributed by atoms with Gasteiger partial charge in [0.2, 0.25) is 0 Å². The quantitative estimate of drug-likeness (QED) is 0.341. The van der Waals surface area contributed by atoms with Gasteiger partial charge in [0.1, 0.15) is 11.5 Å². The molecule has 0 spiro atoms. The van der Waals surface area contributed by atoms with E-state index in [9.17, 15) is 18.0 Å². The van der Waals surface area contributed by atoms with Crippen molar-refractivity contribution < 1.29 is 18.0 Å². The van der Waals surface area contributed by atoms with Crippen LogP contribution < -0.4 is 10.2 Å². The van der Waals surface area contributed by atoms with E-state index in [0.29, 0.717) is 11.4 Å². The van der Waals surface area contributed by atoms with E-state index in [2.05, 4.69) is 35.3 Å². The highest BCUT2D eigenvalue weighted by Crippen LogP contribution is 2.35. The molecule has 0 radical (unpaired) electrons. The van der Waals surface area contributed by atoms with Crippen LogP contribution in [-0.4, -0.2) is 48.7 Å². The van der Waals surface area contributed by atoms with Gasteiger partial charge in [0.25, 0.3) is 12.3 Å². The number of alkyl halides is 2. The van der Waals surface area contributed by atoms with Crippen molar-refractivity contribution in [2.75, 3.05) is 23.3 Å². The maximum atomic E-state index is 14.7. The van der Waals surface area contributed by atoms with Gasteiger partial charge in [-0.25, -0.2) is 23.1 Å². The molecule has 0 aliphatic carbocycles. The van der Waals surface area contributed by atoms with Crippen molar-refractivity contribution in [3.63, 3.8) is 0 Å². The van der Waals surface area contributed by atoms with E-state index >= 15 is 0 Å². The van der Waals surface area contributed by atoms with E-state index in [0.717, 1.165) is 55.5 Å². The Bertz CT molecular complexity index is 1510. The molecule has 196 valence electrons. The minimum Gasteiger partial charge on any atom is -0.355 e. The number of hydrogen-bond donors (Lipinski definition) is 1. The zero-order valence-electron chi connectivity index (χ0n) is 20.4. The van der Waals surface area contributed by atoms with Crippen LogP contribution in [0.15, 0.2) is 43.1 Å². The van der Waals surface area contributed by atoms with Crippen LogP contribution >= 0.6 is 11.6 Å². The van der Waals surface area contributed by atoms with Crippen LogP contribution in [0.5, 0.6) is 0 Å². The Morgan fingerprint density at radius 2 is 1.92 bits per heavy atom. The van der Waals surface area contributed by atoms with Gasteiger partial charge in [-0.3, -0.25) is 19.4 Å². The minimum atomic E-state index is -2.98. The molecular formula is C25H22ClF3N8O. The number of halogens is 4. The number of rotatable bonds is 7. The van der Waals surface area contributed by atoms with Crippen molar-refractivity contribution in [2.24, 2.45) is 0 Å². The summed E-state index contributed by atoms with van der Waals surface area (Å²) in [6.45, 7) is 5.77. The molecule has 1 atom stereocenters. The number of nitrogens with zero attached hydrogens (tertiary/aromatic N) is 7. The number of aromatic nitrogens is 6. The predicted molar refractivity (Wildman–Crippen MR) is 135 cm³/mol. The highest BCUT2D eigenvalue weighted by atomic mass is 35.5. The fourth-order valence-electron chi connectivity index (χ4n) is 4.08. The SMILES string of the molecule is Cc1nc([C@H](C)n2cc(NC(=O)c3cncc(-c4c(C(F)F)ccc(Cl)c4F)n3)cn2)cnc1N1CCC1. The summed E-state index contributed by atoms with van der Waals surface area (Å²) >= 11 is 5.79. The second kappa shape index (κ2) is 10.4. The summed E-state index contributed by atoms with van der Waals surface area (Å²) in [4.78, 5) is 32.2. The maximum Gasteiger partial charge on any atom is 0.275 e. The van der Waals surface area contributed by atoms with Gasteiger partial charge >= 0.3 is 0 Å². The summed E-state index contributed by atoms with van der Waals surface area (Å²) in [6, 6.07) is 1.79. The van der Waals surface area contributed by atoms with E-state index in [4.69, 9.17) is 11.6 Å². The van der Waals surface area contributed by atoms with Crippen LogP contribution in [0.3, 0.4) is 0 Å². The molecular weight excluding hydrogens is 521 g/mol. The van der Waals surface area contributed by atoms with Crippen LogP contribution in [0, 0.1) is 12.7 Å². The Labute approximate surface area is 220 Å². The van der Waals surface area contributed by atoms with Gasteiger partial charge < -0.3 is 10.2 Å². The van der Waals surface area contributed by atoms with Crippen LogP contribution in [-0.2, 0) is 0 Å². The molecule has 4 aromatic rings. The van der Waals surface area contributed by atoms with Gasteiger partial charge in [-0.2, -0.15) is 5.10 Å². The van der Waals surface area contributed by atoms with Gasteiger partial charge in [0.05, 0.1) is 58.6 Å². The average Bonchev–Trinajstić information content (AvgIpc) is 3.33. The molecule has 5 rings (SSSR count). The second-order valence-electron chi connectivity index (χ2n) is 8.80. The van der Waals surface area contributed by atoms with E-state index in [-0.39, 0.29) is 22.5 Å². The van der Waals surface area contributed by atoms with Crippen molar-refractivity contribution in [3.05, 3.63) is 76.6 Å². The lowest BCUT2D eigenvalue weighted by atomic mass is 10.0. The molecule has 13 heteroatoms. The molecule has 1 aromatic carbocycles. The molecule has 1 saturated heterocycles. The largest absolute Gasteiger partial charge is 0.355 e. The summed E-state index contributed by atoms with van der Waals surface area (Å²) < 4.78 is 43.3. The van der Waals surface area contributed by atoms with Gasteiger partial charge in [-0.05, 0) is 26.3 Å². The second-order valence-corrected chi connectivity index (χ2v) is 9.21. The Balaban J connectivity index is 1.34. The first-order chi connectivity index (χ1) is 18.2. The van der Waals surface area contributed by atoms with Crippen LogP contribution in [0.1, 0.15) is 53.3 Å². The molecule has 1 amide bonds. The van der Waals surface area contributed by atoms with Gasteiger partial charge in [-0.15, -0.1) is 0 Å². The third-order valence-corrected chi connectivity index (χ3v) is 6.56. The first-order valence-electron chi connectivity index (χ1n) is 11.8. The highest BCUT2D eigenvalue weighted by Gasteiger charge is 2.23. The smallest absolute Gasteiger partial charge is 0.275 e. The molecule has 38 heavy (non-hydrogen) atoms. The number of hydrogen-bond acceptors (Lipinski definition) is 7. The van der Waals surface area contributed by atoms with E-state index < -0.39 is 29.3 Å². The summed E-state index contributed by atoms with van der Waals surface area (Å²) in [5.41, 5.74) is 0.346. The standard InChI is InChI=1S/C25H22ClF3N8O/c1-13-24(36-6-3-7-36)31-11-18(33-13)14(2)37-12-15(8-32-37)34-25(38)20-10-30-9-19(35-20)21-16(23(28)29)4-5-17(26)22(21)27/h4-5,8-12,14,23H,3,6-7H2,1-2H3,(H,34,38)/t14-/m0/s1. The van der Waals surface area contributed by atoms with Crippen LogP contribution in [0.25, 0.3) is 11.3 Å². The summed E-state index contributed by atoms with van der Waals surface area (Å²) in [5.74, 6) is -0.868. The zero-order chi connectivity index (χ0) is 27.0. The lowest BCUT2D eigenvalue weighted by Crippen LogP contribution is -2.38. The topological polar surface area (TPSA) is 102 Å². The van der Waals surface area contributed by atoms with Crippen LogP contribution in [0.4, 0.5) is 24.7 Å². The Hall–Kier alpha value is -4.06. The number of carbonyl (C=O) groups is 1. The van der Waals surface area contributed by atoms with Gasteiger partial charge in [0, 0.05) is 30.4 Å². The Morgan fingerprint density at radius 3 is 2.61 bits per heavy atom. The van der Waals surface area contributed by atoms with Crippen molar-refractivity contribution >= 4 is 29.0 Å². The third-order valence-electron chi connectivity index (χ3n) is 6.26. The molecule has 0 saturated carbocycles. The zero-order valence-corrected chi connectivity index (χ0v) is 21.1. The lowest BCUT2D eigenvalue weighted by Gasteiger charge is -2.32. The van der Waals surface area contributed by atoms with Crippen LogP contribution in [0.2, 0.25) is 5.02 Å². The third kappa shape index (κ3) is 4.91. The molecule has 1 N–H and O–H groups in total. The first kappa shape index (κ1) is 25.6. The van der Waals surface area contributed by atoms with Crippen molar-refractivity contribution in [1.29, 1.82) is 0 Å². The molecule has 3 aromatic heterocycles. The average molecular weight is 543 g/mol. The van der Waals surface area contributed by atoms with Gasteiger partial charge in [-0.1, -0.05) is 17.7 Å². The maximum absolute atomic E-state index is 14.7. The molecule has 9 nitrogen and oxygen atoms in total. The minimum absolute atomic E-state index is 0.203. The molecule has 1 aliphatic heterocycles. The molecule has 0 unspecified atom stereocenters. The molecule has 0 bridgehead atoms. The number of aryl methyl sites for hydroxylation is 1. The highest BCUT2D eigenvalue weighted by molar-refractivity contribution is 6.31. The number of benzene rings is 1. The predicted octanol–water partition coefficient (Wildman–Crippen LogP) is 5.24. The van der Waals surface area contributed by atoms with E-state index in [1.807, 2.05) is 13.8 Å². The van der Waals surface area contributed by atoms with Gasteiger partial charge in [0.15, 0.2) is 5.82 Å².